The van der Waals surface area contributed by atoms with Gasteiger partial charge in [-0.15, -0.1) is 0 Å². The van der Waals surface area contributed by atoms with Crippen LogP contribution in [0.4, 0.5) is 10.1 Å². The van der Waals surface area contributed by atoms with E-state index in [4.69, 9.17) is 4.74 Å². The van der Waals surface area contributed by atoms with Crippen molar-refractivity contribution in [2.24, 2.45) is 0 Å². The minimum Gasteiger partial charge on any atom is -0.484 e. The summed E-state index contributed by atoms with van der Waals surface area (Å²) in [5.41, 5.74) is -0.213. The van der Waals surface area contributed by atoms with E-state index in [0.717, 1.165) is 39.7 Å². The van der Waals surface area contributed by atoms with Gasteiger partial charge in [0.15, 0.2) is 16.4 Å². The lowest BCUT2D eigenvalue weighted by molar-refractivity contribution is -0.118. The summed E-state index contributed by atoms with van der Waals surface area (Å²) >= 11 is 3.40. The Bertz CT molecular complexity index is 1130. The maximum Gasteiger partial charge on any atom is 0.262 e. The molecule has 0 radical (unpaired) electrons. The molecular formula is C19H15BrFNO4S. The molecule has 0 saturated carbocycles. The number of hydrogen-bond donors (Lipinski definition) is 1. The fraction of sp³-hybridized carbons (Fsp3) is 0.105. The van der Waals surface area contributed by atoms with Crippen LogP contribution >= 0.6 is 15.9 Å². The molecule has 1 amide bonds. The molecule has 5 nitrogen and oxygen atoms in total. The van der Waals surface area contributed by atoms with Crippen LogP contribution in [0.3, 0.4) is 0 Å². The number of carbonyl (C=O) groups excluding carboxylic acids is 1. The van der Waals surface area contributed by atoms with Gasteiger partial charge in [0.1, 0.15) is 11.6 Å². The van der Waals surface area contributed by atoms with Crippen molar-refractivity contribution < 1.29 is 22.3 Å². The summed E-state index contributed by atoms with van der Waals surface area (Å²) in [6.45, 7) is -0.343. The highest BCUT2D eigenvalue weighted by Crippen LogP contribution is 2.24. The van der Waals surface area contributed by atoms with Crippen LogP contribution in [0.1, 0.15) is 0 Å². The van der Waals surface area contributed by atoms with Gasteiger partial charge in [-0.05, 0) is 53.2 Å². The number of hydrogen-bond acceptors (Lipinski definition) is 4. The Hall–Kier alpha value is -2.45. The average molecular weight is 452 g/mol. The number of sulfone groups is 1. The third-order valence-corrected chi connectivity index (χ3v) is 5.39. The smallest absolute Gasteiger partial charge is 0.262 e. The van der Waals surface area contributed by atoms with Gasteiger partial charge in [-0.1, -0.05) is 28.1 Å². The van der Waals surface area contributed by atoms with Crippen LogP contribution in [0.15, 0.2) is 64.0 Å². The minimum atomic E-state index is -3.51. The molecule has 0 saturated heterocycles. The number of benzene rings is 3. The average Bonchev–Trinajstić information content (AvgIpc) is 2.61. The molecule has 3 aromatic carbocycles. The number of anilines is 1. The molecule has 140 valence electrons. The summed E-state index contributed by atoms with van der Waals surface area (Å²) in [7, 11) is -3.51. The highest BCUT2D eigenvalue weighted by Gasteiger charge is 2.13. The first-order valence-corrected chi connectivity index (χ1v) is 10.5. The van der Waals surface area contributed by atoms with E-state index >= 15 is 0 Å². The predicted molar refractivity (Wildman–Crippen MR) is 105 cm³/mol. The van der Waals surface area contributed by atoms with E-state index in [9.17, 15) is 17.6 Å². The Kier molecular flexibility index (Phi) is 5.48. The molecular weight excluding hydrogens is 437 g/mol. The van der Waals surface area contributed by atoms with E-state index in [2.05, 4.69) is 21.2 Å². The molecule has 0 heterocycles. The summed E-state index contributed by atoms with van der Waals surface area (Å²) in [4.78, 5) is 12.0. The van der Waals surface area contributed by atoms with Gasteiger partial charge in [-0.25, -0.2) is 12.8 Å². The second-order valence-corrected chi connectivity index (χ2v) is 8.84. The zero-order valence-electron chi connectivity index (χ0n) is 14.2. The molecule has 0 aliphatic heterocycles. The fourth-order valence-electron chi connectivity index (χ4n) is 2.45. The van der Waals surface area contributed by atoms with E-state index in [1.165, 1.54) is 0 Å². The molecule has 0 atom stereocenters. The highest BCUT2D eigenvalue weighted by molar-refractivity contribution is 9.10. The number of fused-ring (bicyclic) bond motifs is 1. The Morgan fingerprint density at radius 2 is 1.78 bits per heavy atom. The SMILES string of the molecule is CS(=O)(=O)c1ccc(F)c(NC(=O)COc2ccc3cc(Br)ccc3c2)c1. The van der Waals surface area contributed by atoms with Crippen LogP contribution in [0.5, 0.6) is 5.75 Å². The normalized spacial score (nSPS) is 11.4. The lowest BCUT2D eigenvalue weighted by Crippen LogP contribution is -2.21. The van der Waals surface area contributed by atoms with Crippen molar-refractivity contribution in [3.63, 3.8) is 0 Å². The molecule has 0 aromatic heterocycles. The predicted octanol–water partition coefficient (Wildman–Crippen LogP) is 4.16. The Labute approximate surface area is 164 Å². The zero-order valence-corrected chi connectivity index (χ0v) is 16.6. The number of rotatable bonds is 5. The van der Waals surface area contributed by atoms with Crippen molar-refractivity contribution in [2.75, 3.05) is 18.2 Å². The van der Waals surface area contributed by atoms with Crippen LogP contribution in [0.25, 0.3) is 10.8 Å². The Balaban J connectivity index is 1.69. The summed E-state index contributed by atoms with van der Waals surface area (Å²) in [5.74, 6) is -0.840. The molecule has 8 heteroatoms. The number of nitrogens with one attached hydrogen (secondary N) is 1. The lowest BCUT2D eigenvalue weighted by Gasteiger charge is -2.10. The largest absolute Gasteiger partial charge is 0.484 e. The molecule has 3 aromatic rings. The number of halogens is 2. The molecule has 0 aliphatic rings. The van der Waals surface area contributed by atoms with Crippen LogP contribution in [0.2, 0.25) is 0 Å². The summed E-state index contributed by atoms with van der Waals surface area (Å²) in [5, 5.41) is 4.29. The second kappa shape index (κ2) is 7.66. The topological polar surface area (TPSA) is 72.5 Å². The van der Waals surface area contributed by atoms with Gasteiger partial charge in [-0.3, -0.25) is 4.79 Å². The van der Waals surface area contributed by atoms with Crippen molar-refractivity contribution in [3.05, 3.63) is 64.9 Å². The van der Waals surface area contributed by atoms with Crippen molar-refractivity contribution in [1.29, 1.82) is 0 Å². The van der Waals surface area contributed by atoms with Crippen molar-refractivity contribution >= 4 is 48.1 Å². The van der Waals surface area contributed by atoms with E-state index in [0.29, 0.717) is 5.75 Å². The van der Waals surface area contributed by atoms with E-state index < -0.39 is 21.6 Å². The van der Waals surface area contributed by atoms with E-state index in [1.54, 1.807) is 12.1 Å². The van der Waals surface area contributed by atoms with Gasteiger partial charge >= 0.3 is 0 Å². The number of amides is 1. The van der Waals surface area contributed by atoms with Gasteiger partial charge in [0.2, 0.25) is 0 Å². The van der Waals surface area contributed by atoms with Gasteiger partial charge in [-0.2, -0.15) is 0 Å². The maximum atomic E-state index is 13.8. The van der Waals surface area contributed by atoms with Gasteiger partial charge in [0, 0.05) is 10.7 Å². The standard InChI is InChI=1S/C19H15BrFNO4S/c1-27(24,25)16-6-7-17(21)18(10-16)22-19(23)11-26-15-5-3-12-8-14(20)4-2-13(12)9-15/h2-10H,11H2,1H3,(H,22,23). The van der Waals surface area contributed by atoms with Gasteiger partial charge in [0.25, 0.3) is 5.91 Å². The highest BCUT2D eigenvalue weighted by atomic mass is 79.9. The van der Waals surface area contributed by atoms with Crippen LogP contribution in [-0.4, -0.2) is 27.2 Å². The van der Waals surface area contributed by atoms with Gasteiger partial charge in [0.05, 0.1) is 10.6 Å². The van der Waals surface area contributed by atoms with Crippen LogP contribution in [0, 0.1) is 5.82 Å². The zero-order chi connectivity index (χ0) is 19.6. The molecule has 1 N–H and O–H groups in total. The van der Waals surface area contributed by atoms with Crippen LogP contribution < -0.4 is 10.1 Å². The quantitative estimate of drug-likeness (QED) is 0.591. The second-order valence-electron chi connectivity index (χ2n) is 5.90. The molecule has 27 heavy (non-hydrogen) atoms. The van der Waals surface area contributed by atoms with Crippen LogP contribution in [-0.2, 0) is 14.6 Å². The summed E-state index contributed by atoms with van der Waals surface area (Å²) in [6, 6.07) is 14.4. The molecule has 0 spiro atoms. The van der Waals surface area contributed by atoms with Crippen molar-refractivity contribution in [1.82, 2.24) is 0 Å². The third-order valence-electron chi connectivity index (χ3n) is 3.78. The van der Waals surface area contributed by atoms with E-state index in [1.807, 2.05) is 24.3 Å². The number of ether oxygens (including phenoxy) is 1. The monoisotopic (exact) mass is 451 g/mol. The lowest BCUT2D eigenvalue weighted by atomic mass is 10.1. The van der Waals surface area contributed by atoms with E-state index in [-0.39, 0.29) is 17.2 Å². The first-order valence-electron chi connectivity index (χ1n) is 7.84. The molecule has 0 bridgehead atoms. The fourth-order valence-corrected chi connectivity index (χ4v) is 3.48. The number of carbonyl (C=O) groups is 1. The Morgan fingerprint density at radius 3 is 2.52 bits per heavy atom. The van der Waals surface area contributed by atoms with Crippen molar-refractivity contribution in [2.45, 2.75) is 4.90 Å². The molecule has 0 unspecified atom stereocenters. The molecule has 3 rings (SSSR count). The van der Waals surface area contributed by atoms with Crippen molar-refractivity contribution in [3.8, 4) is 5.75 Å². The minimum absolute atomic E-state index is 0.0826. The molecule has 0 fully saturated rings. The summed E-state index contributed by atoms with van der Waals surface area (Å²) < 4.78 is 43.4. The maximum absolute atomic E-state index is 13.8. The van der Waals surface area contributed by atoms with Gasteiger partial charge < -0.3 is 10.1 Å². The first kappa shape index (κ1) is 19.3. The Morgan fingerprint density at radius 1 is 1.07 bits per heavy atom. The summed E-state index contributed by atoms with van der Waals surface area (Å²) in [6.07, 6.45) is 1.01. The first-order chi connectivity index (χ1) is 12.7. The molecule has 0 aliphatic carbocycles. The third kappa shape index (κ3) is 4.84.